The Bertz CT molecular complexity index is 644. The molecule has 4 nitrogen and oxygen atoms in total. The maximum atomic E-state index is 12.3. The van der Waals surface area contributed by atoms with Crippen molar-refractivity contribution in [1.29, 1.82) is 0 Å². The minimum atomic E-state index is -0.0904. The number of likely N-dealkylation sites (tertiary alicyclic amines) is 1. The predicted octanol–water partition coefficient (Wildman–Crippen LogP) is 3.61. The number of nitrogens with zero attached hydrogens (tertiary/aromatic N) is 2. The third-order valence-electron chi connectivity index (χ3n) is 4.36. The Morgan fingerprint density at radius 3 is 3.04 bits per heavy atom. The van der Waals surface area contributed by atoms with Gasteiger partial charge >= 0.3 is 0 Å². The Kier molecular flexibility index (Phi) is 5.30. The van der Waals surface area contributed by atoms with E-state index in [0.29, 0.717) is 29.2 Å². The van der Waals surface area contributed by atoms with E-state index in [1.54, 1.807) is 23.5 Å². The van der Waals surface area contributed by atoms with Crippen LogP contribution in [0.25, 0.3) is 0 Å². The predicted molar refractivity (Wildman–Crippen MR) is 94.0 cm³/mol. The highest BCUT2D eigenvalue weighted by Crippen LogP contribution is 2.36. The first-order chi connectivity index (χ1) is 11.1. The highest BCUT2D eigenvalue weighted by atomic mass is 35.5. The van der Waals surface area contributed by atoms with Crippen molar-refractivity contribution < 1.29 is 4.79 Å². The molecule has 0 aliphatic carbocycles. The molecular formula is C17H20ClN3OS. The van der Waals surface area contributed by atoms with Gasteiger partial charge in [-0.1, -0.05) is 17.7 Å². The fraction of sp³-hybridized carbons (Fsp3) is 0.412. The van der Waals surface area contributed by atoms with Crippen LogP contribution in [-0.4, -0.2) is 35.9 Å². The second-order valence-electron chi connectivity index (χ2n) is 5.92. The number of nitrogens with one attached hydrogen (secondary N) is 1. The van der Waals surface area contributed by atoms with Crippen LogP contribution in [0.1, 0.15) is 34.1 Å². The van der Waals surface area contributed by atoms with Crippen molar-refractivity contribution in [3.63, 3.8) is 0 Å². The topological polar surface area (TPSA) is 45.2 Å². The van der Waals surface area contributed by atoms with Gasteiger partial charge in [-0.05, 0) is 55.9 Å². The van der Waals surface area contributed by atoms with E-state index in [2.05, 4.69) is 39.8 Å². The van der Waals surface area contributed by atoms with Crippen molar-refractivity contribution in [2.24, 2.45) is 5.92 Å². The Morgan fingerprint density at radius 1 is 1.48 bits per heavy atom. The van der Waals surface area contributed by atoms with E-state index >= 15 is 0 Å². The molecule has 1 aliphatic rings. The molecule has 2 aromatic rings. The first-order valence-corrected chi connectivity index (χ1v) is 9.04. The number of amides is 1. The molecule has 0 spiro atoms. The Hall–Kier alpha value is -1.43. The van der Waals surface area contributed by atoms with Gasteiger partial charge < -0.3 is 5.32 Å². The van der Waals surface area contributed by atoms with E-state index in [0.717, 1.165) is 13.0 Å². The average Bonchev–Trinajstić information content (AvgIpc) is 3.07. The molecule has 3 heterocycles. The number of rotatable bonds is 4. The second kappa shape index (κ2) is 7.43. The third-order valence-corrected chi connectivity index (χ3v) is 5.52. The SMILES string of the molecule is CN1CCC[C@H](CNC(=O)c2ccc(Cl)nc2)[C@H]1c1cccs1. The van der Waals surface area contributed by atoms with Crippen molar-refractivity contribution in [3.8, 4) is 0 Å². The lowest BCUT2D eigenvalue weighted by molar-refractivity contribution is 0.0895. The summed E-state index contributed by atoms with van der Waals surface area (Å²) in [7, 11) is 2.17. The number of aromatic nitrogens is 1. The second-order valence-corrected chi connectivity index (χ2v) is 7.29. The molecule has 0 saturated carbocycles. The molecule has 0 unspecified atom stereocenters. The summed E-state index contributed by atoms with van der Waals surface area (Å²) in [4.78, 5) is 20.0. The van der Waals surface area contributed by atoms with Crippen molar-refractivity contribution in [2.75, 3.05) is 20.1 Å². The number of thiophene rings is 1. The van der Waals surface area contributed by atoms with Crippen LogP contribution in [0.3, 0.4) is 0 Å². The molecule has 1 aliphatic heterocycles. The van der Waals surface area contributed by atoms with Gasteiger partial charge in [-0.3, -0.25) is 9.69 Å². The lowest BCUT2D eigenvalue weighted by Crippen LogP contribution is -2.41. The number of carbonyl (C=O) groups is 1. The summed E-state index contributed by atoms with van der Waals surface area (Å²) in [5.74, 6) is 0.337. The maximum Gasteiger partial charge on any atom is 0.252 e. The normalized spacial score (nSPS) is 22.0. The van der Waals surface area contributed by atoms with Crippen LogP contribution in [0.15, 0.2) is 35.8 Å². The first kappa shape index (κ1) is 16.4. The largest absolute Gasteiger partial charge is 0.352 e. The van der Waals surface area contributed by atoms with Gasteiger partial charge in [-0.25, -0.2) is 4.98 Å². The molecule has 3 rings (SSSR count). The molecule has 23 heavy (non-hydrogen) atoms. The number of halogens is 1. The fourth-order valence-corrected chi connectivity index (χ4v) is 4.31. The van der Waals surface area contributed by atoms with Crippen molar-refractivity contribution in [2.45, 2.75) is 18.9 Å². The van der Waals surface area contributed by atoms with Crippen LogP contribution in [0.4, 0.5) is 0 Å². The van der Waals surface area contributed by atoms with Gasteiger partial charge in [-0.2, -0.15) is 0 Å². The molecular weight excluding hydrogens is 330 g/mol. The smallest absolute Gasteiger partial charge is 0.252 e. The van der Waals surface area contributed by atoms with Crippen LogP contribution in [-0.2, 0) is 0 Å². The van der Waals surface area contributed by atoms with Gasteiger partial charge in [0.25, 0.3) is 5.91 Å². The molecule has 0 aromatic carbocycles. The zero-order valence-electron chi connectivity index (χ0n) is 13.0. The summed E-state index contributed by atoms with van der Waals surface area (Å²) < 4.78 is 0. The van der Waals surface area contributed by atoms with E-state index < -0.39 is 0 Å². The molecule has 1 N–H and O–H groups in total. The third kappa shape index (κ3) is 3.91. The first-order valence-electron chi connectivity index (χ1n) is 7.78. The lowest BCUT2D eigenvalue weighted by atomic mass is 9.88. The molecule has 2 aromatic heterocycles. The summed E-state index contributed by atoms with van der Waals surface area (Å²) in [5, 5.41) is 5.57. The van der Waals surface area contributed by atoms with Crippen molar-refractivity contribution in [1.82, 2.24) is 15.2 Å². The number of hydrogen-bond acceptors (Lipinski definition) is 4. The standard InChI is InChI=1S/C17H20ClN3OS/c1-21-8-2-4-12(16(21)14-5-3-9-23-14)10-20-17(22)13-6-7-15(18)19-11-13/h3,5-7,9,11-12,16H,2,4,8,10H2,1H3,(H,20,22)/t12-,16+/m1/s1. The highest BCUT2D eigenvalue weighted by Gasteiger charge is 2.31. The van der Waals surface area contributed by atoms with Crippen LogP contribution in [0.2, 0.25) is 5.15 Å². The van der Waals surface area contributed by atoms with Crippen LogP contribution in [0, 0.1) is 5.92 Å². The van der Waals surface area contributed by atoms with Gasteiger partial charge in [0.1, 0.15) is 5.15 Å². The summed E-state index contributed by atoms with van der Waals surface area (Å²) in [6.07, 6.45) is 3.81. The summed E-state index contributed by atoms with van der Waals surface area (Å²) in [6, 6.07) is 8.01. The van der Waals surface area contributed by atoms with Crippen LogP contribution in [0.5, 0.6) is 0 Å². The number of piperidine rings is 1. The number of carbonyl (C=O) groups excluding carboxylic acids is 1. The van der Waals surface area contributed by atoms with Gasteiger partial charge in [0.05, 0.1) is 5.56 Å². The zero-order chi connectivity index (χ0) is 16.2. The van der Waals surface area contributed by atoms with E-state index in [9.17, 15) is 4.79 Å². The Labute approximate surface area is 145 Å². The molecule has 2 atom stereocenters. The van der Waals surface area contributed by atoms with Crippen molar-refractivity contribution >= 4 is 28.8 Å². The van der Waals surface area contributed by atoms with Crippen LogP contribution < -0.4 is 5.32 Å². The van der Waals surface area contributed by atoms with E-state index in [-0.39, 0.29) is 5.91 Å². The monoisotopic (exact) mass is 349 g/mol. The van der Waals surface area contributed by atoms with E-state index in [4.69, 9.17) is 11.6 Å². The van der Waals surface area contributed by atoms with Gasteiger partial charge in [0, 0.05) is 23.7 Å². The van der Waals surface area contributed by atoms with Crippen molar-refractivity contribution in [3.05, 3.63) is 51.4 Å². The van der Waals surface area contributed by atoms with Gasteiger partial charge in [0.15, 0.2) is 0 Å². The molecule has 1 amide bonds. The Balaban J connectivity index is 1.65. The van der Waals surface area contributed by atoms with E-state index in [1.807, 2.05) is 0 Å². The molecule has 0 radical (unpaired) electrons. The van der Waals surface area contributed by atoms with Crippen LogP contribution >= 0.6 is 22.9 Å². The molecule has 1 saturated heterocycles. The minimum Gasteiger partial charge on any atom is -0.352 e. The van der Waals surface area contributed by atoms with Gasteiger partial charge in [0.2, 0.25) is 0 Å². The minimum absolute atomic E-state index is 0.0904. The molecule has 1 fully saturated rings. The summed E-state index contributed by atoms with van der Waals surface area (Å²) in [5.41, 5.74) is 0.547. The quantitative estimate of drug-likeness (QED) is 0.858. The summed E-state index contributed by atoms with van der Waals surface area (Å²) >= 11 is 7.55. The van der Waals surface area contributed by atoms with Gasteiger partial charge in [-0.15, -0.1) is 11.3 Å². The highest BCUT2D eigenvalue weighted by molar-refractivity contribution is 7.10. The van der Waals surface area contributed by atoms with E-state index in [1.165, 1.54) is 17.5 Å². The Morgan fingerprint density at radius 2 is 2.35 bits per heavy atom. The molecule has 6 heteroatoms. The molecule has 0 bridgehead atoms. The average molecular weight is 350 g/mol. The zero-order valence-corrected chi connectivity index (χ0v) is 14.6. The lowest BCUT2D eigenvalue weighted by Gasteiger charge is -2.38. The number of hydrogen-bond donors (Lipinski definition) is 1. The molecule has 122 valence electrons. The fourth-order valence-electron chi connectivity index (χ4n) is 3.22. The number of pyridine rings is 1. The summed E-state index contributed by atoms with van der Waals surface area (Å²) in [6.45, 7) is 1.78. The maximum absolute atomic E-state index is 12.3.